The Morgan fingerprint density at radius 1 is 1.39 bits per heavy atom. The smallest absolute Gasteiger partial charge is 0.124 e. The standard InChI is InChI=1S/C13H12BrClFNS/c1-8(11-4-2-9(16)6-12(11)15)17-7-10-3-5-13(14)18-10/h2-6,8,17H,7H2,1H3. The van der Waals surface area contributed by atoms with E-state index in [0.29, 0.717) is 5.02 Å². The molecule has 0 aliphatic rings. The van der Waals surface area contributed by atoms with Crippen LogP contribution in [0.15, 0.2) is 34.1 Å². The largest absolute Gasteiger partial charge is 0.305 e. The SMILES string of the molecule is CC(NCc1ccc(Br)s1)c1ccc(F)cc1Cl. The summed E-state index contributed by atoms with van der Waals surface area (Å²) in [7, 11) is 0. The van der Waals surface area contributed by atoms with E-state index in [0.717, 1.165) is 15.9 Å². The lowest BCUT2D eigenvalue weighted by Crippen LogP contribution is -2.17. The molecule has 2 rings (SSSR count). The maximum atomic E-state index is 13.0. The van der Waals surface area contributed by atoms with Gasteiger partial charge in [-0.1, -0.05) is 17.7 Å². The summed E-state index contributed by atoms with van der Waals surface area (Å²) in [6.07, 6.45) is 0. The van der Waals surface area contributed by atoms with Crippen molar-refractivity contribution in [1.82, 2.24) is 5.32 Å². The van der Waals surface area contributed by atoms with Gasteiger partial charge in [0.15, 0.2) is 0 Å². The summed E-state index contributed by atoms with van der Waals surface area (Å²) in [6, 6.07) is 8.68. The maximum absolute atomic E-state index is 13.0. The van der Waals surface area contributed by atoms with E-state index in [2.05, 4.69) is 27.3 Å². The van der Waals surface area contributed by atoms with E-state index in [9.17, 15) is 4.39 Å². The molecule has 0 aliphatic heterocycles. The second-order valence-electron chi connectivity index (χ2n) is 3.97. The van der Waals surface area contributed by atoms with Crippen LogP contribution in [0.5, 0.6) is 0 Å². The predicted molar refractivity (Wildman–Crippen MR) is 78.7 cm³/mol. The molecule has 5 heteroatoms. The second kappa shape index (κ2) is 6.15. The Bertz CT molecular complexity index is 544. The molecule has 1 aromatic carbocycles. The Labute approximate surface area is 123 Å². The van der Waals surface area contributed by atoms with Crippen molar-refractivity contribution in [2.75, 3.05) is 0 Å². The molecule has 1 nitrogen and oxygen atoms in total. The Morgan fingerprint density at radius 3 is 2.78 bits per heavy atom. The summed E-state index contributed by atoms with van der Waals surface area (Å²) < 4.78 is 14.1. The lowest BCUT2D eigenvalue weighted by molar-refractivity contribution is 0.575. The van der Waals surface area contributed by atoms with Gasteiger partial charge < -0.3 is 5.32 Å². The number of nitrogens with one attached hydrogen (secondary N) is 1. The minimum atomic E-state index is -0.307. The van der Waals surface area contributed by atoms with Gasteiger partial charge in [-0.15, -0.1) is 11.3 Å². The van der Waals surface area contributed by atoms with E-state index in [1.54, 1.807) is 17.4 Å². The van der Waals surface area contributed by atoms with Crippen LogP contribution in [0.1, 0.15) is 23.4 Å². The fourth-order valence-electron chi connectivity index (χ4n) is 1.66. The molecule has 0 amide bonds. The molecule has 18 heavy (non-hydrogen) atoms. The van der Waals surface area contributed by atoms with Crippen LogP contribution >= 0.6 is 38.9 Å². The summed E-state index contributed by atoms with van der Waals surface area (Å²) in [5, 5.41) is 3.83. The van der Waals surface area contributed by atoms with Crippen LogP contribution in [0.3, 0.4) is 0 Å². The minimum absolute atomic E-state index is 0.0824. The van der Waals surface area contributed by atoms with Gasteiger partial charge in [0.25, 0.3) is 0 Å². The number of halogens is 3. The van der Waals surface area contributed by atoms with E-state index in [-0.39, 0.29) is 11.9 Å². The molecule has 1 atom stereocenters. The van der Waals surface area contributed by atoms with Crippen molar-refractivity contribution < 1.29 is 4.39 Å². The van der Waals surface area contributed by atoms with Crippen LogP contribution in [0.2, 0.25) is 5.02 Å². The number of hydrogen-bond donors (Lipinski definition) is 1. The van der Waals surface area contributed by atoms with E-state index in [4.69, 9.17) is 11.6 Å². The van der Waals surface area contributed by atoms with E-state index in [1.807, 2.05) is 13.0 Å². The highest BCUT2D eigenvalue weighted by atomic mass is 79.9. The van der Waals surface area contributed by atoms with Gasteiger partial charge in [0.2, 0.25) is 0 Å². The first kappa shape index (κ1) is 14.0. The molecule has 1 unspecified atom stereocenters. The molecule has 2 aromatic rings. The van der Waals surface area contributed by atoms with E-state index < -0.39 is 0 Å². The molecular formula is C13H12BrClFNS. The zero-order valence-corrected chi connectivity index (χ0v) is 12.9. The summed E-state index contributed by atoms with van der Waals surface area (Å²) in [6.45, 7) is 2.78. The number of rotatable bonds is 4. The normalized spacial score (nSPS) is 12.7. The average Bonchev–Trinajstić information content (AvgIpc) is 2.72. The van der Waals surface area contributed by atoms with Crippen LogP contribution in [0.4, 0.5) is 4.39 Å². The summed E-state index contributed by atoms with van der Waals surface area (Å²) in [5.74, 6) is -0.307. The fraction of sp³-hybridized carbons (Fsp3) is 0.231. The van der Waals surface area contributed by atoms with Crippen molar-refractivity contribution in [2.24, 2.45) is 0 Å². The number of benzene rings is 1. The van der Waals surface area contributed by atoms with Gasteiger partial charge in [-0.3, -0.25) is 0 Å². The zero-order valence-electron chi connectivity index (χ0n) is 9.71. The van der Waals surface area contributed by atoms with E-state index in [1.165, 1.54) is 17.0 Å². The highest BCUT2D eigenvalue weighted by Gasteiger charge is 2.10. The van der Waals surface area contributed by atoms with Crippen molar-refractivity contribution in [3.63, 3.8) is 0 Å². The van der Waals surface area contributed by atoms with Crippen LogP contribution < -0.4 is 5.32 Å². The Morgan fingerprint density at radius 2 is 2.17 bits per heavy atom. The minimum Gasteiger partial charge on any atom is -0.305 e. The van der Waals surface area contributed by atoms with E-state index >= 15 is 0 Å². The lowest BCUT2D eigenvalue weighted by Gasteiger charge is -2.15. The monoisotopic (exact) mass is 347 g/mol. The molecular weight excluding hydrogens is 337 g/mol. The summed E-state index contributed by atoms with van der Waals surface area (Å²) >= 11 is 11.1. The fourth-order valence-corrected chi connectivity index (χ4v) is 3.43. The highest BCUT2D eigenvalue weighted by molar-refractivity contribution is 9.11. The van der Waals surface area contributed by atoms with Crippen LogP contribution in [0.25, 0.3) is 0 Å². The second-order valence-corrected chi connectivity index (χ2v) is 6.93. The Hall–Kier alpha value is -0.420. The van der Waals surface area contributed by atoms with Crippen molar-refractivity contribution in [3.05, 3.63) is 55.4 Å². The number of hydrogen-bond acceptors (Lipinski definition) is 2. The van der Waals surface area contributed by atoms with Crippen LogP contribution in [0, 0.1) is 5.82 Å². The molecule has 96 valence electrons. The van der Waals surface area contributed by atoms with Gasteiger partial charge in [-0.25, -0.2) is 4.39 Å². The third-order valence-electron chi connectivity index (χ3n) is 2.64. The molecule has 0 saturated carbocycles. The van der Waals surface area contributed by atoms with Crippen molar-refractivity contribution in [3.8, 4) is 0 Å². The molecule has 1 aromatic heterocycles. The van der Waals surface area contributed by atoms with Crippen LogP contribution in [-0.4, -0.2) is 0 Å². The zero-order chi connectivity index (χ0) is 13.1. The van der Waals surface area contributed by atoms with Crippen molar-refractivity contribution >= 4 is 38.9 Å². The third-order valence-corrected chi connectivity index (χ3v) is 4.59. The van der Waals surface area contributed by atoms with Crippen molar-refractivity contribution in [2.45, 2.75) is 19.5 Å². The van der Waals surface area contributed by atoms with Gasteiger partial charge in [-0.2, -0.15) is 0 Å². The molecule has 1 N–H and O–H groups in total. The van der Waals surface area contributed by atoms with Crippen LogP contribution in [-0.2, 0) is 6.54 Å². The molecule has 1 heterocycles. The van der Waals surface area contributed by atoms with Gasteiger partial charge >= 0.3 is 0 Å². The average molecular weight is 349 g/mol. The van der Waals surface area contributed by atoms with Gasteiger partial charge in [0.05, 0.1) is 3.79 Å². The van der Waals surface area contributed by atoms with Crippen molar-refractivity contribution in [1.29, 1.82) is 0 Å². The Balaban J connectivity index is 2.01. The highest BCUT2D eigenvalue weighted by Crippen LogP contribution is 2.25. The first-order valence-corrected chi connectivity index (χ1v) is 7.47. The maximum Gasteiger partial charge on any atom is 0.124 e. The third kappa shape index (κ3) is 3.54. The summed E-state index contributed by atoms with van der Waals surface area (Å²) in [4.78, 5) is 1.24. The Kier molecular flexibility index (Phi) is 4.78. The molecule has 0 spiro atoms. The topological polar surface area (TPSA) is 12.0 Å². The lowest BCUT2D eigenvalue weighted by atomic mass is 10.1. The first-order valence-electron chi connectivity index (χ1n) is 5.49. The van der Waals surface area contributed by atoms with Gasteiger partial charge in [0, 0.05) is 22.5 Å². The molecule has 0 radical (unpaired) electrons. The molecule has 0 aliphatic carbocycles. The van der Waals surface area contributed by atoms with Gasteiger partial charge in [0.1, 0.15) is 5.82 Å². The molecule has 0 fully saturated rings. The first-order chi connectivity index (χ1) is 8.56. The predicted octanol–water partition coefficient (Wildman–Crippen LogP) is 5.15. The molecule has 0 saturated heterocycles. The van der Waals surface area contributed by atoms with Gasteiger partial charge in [-0.05, 0) is 52.7 Å². The summed E-state index contributed by atoms with van der Waals surface area (Å²) in [5.41, 5.74) is 0.911. The quantitative estimate of drug-likeness (QED) is 0.805. The number of thiophene rings is 1. The molecule has 0 bridgehead atoms.